The average molecular weight is 547 g/mol. The fourth-order valence-corrected chi connectivity index (χ4v) is 5.58. The summed E-state index contributed by atoms with van der Waals surface area (Å²) in [5, 5.41) is 2.95. The third-order valence-corrected chi connectivity index (χ3v) is 7.31. The van der Waals surface area contributed by atoms with Crippen molar-refractivity contribution < 1.29 is 9.53 Å². The number of amides is 1. The van der Waals surface area contributed by atoms with Crippen LogP contribution in [0.3, 0.4) is 0 Å². The van der Waals surface area contributed by atoms with E-state index in [1.165, 1.54) is 0 Å². The first-order valence-electron chi connectivity index (χ1n) is 10.8. The second kappa shape index (κ2) is 10.9. The van der Waals surface area contributed by atoms with Crippen LogP contribution in [0.25, 0.3) is 21.0 Å². The van der Waals surface area contributed by atoms with E-state index in [1.807, 2.05) is 53.4 Å². The van der Waals surface area contributed by atoms with Gasteiger partial charge in [0, 0.05) is 36.2 Å². The van der Waals surface area contributed by atoms with E-state index < -0.39 is 0 Å². The molecule has 3 aromatic carbocycles. The van der Waals surface area contributed by atoms with Crippen LogP contribution in [0.4, 0.5) is 5.13 Å². The highest BCUT2D eigenvalue weighted by molar-refractivity contribution is 9.10. The third kappa shape index (κ3) is 5.55. The summed E-state index contributed by atoms with van der Waals surface area (Å²) in [6.07, 6.45) is 0.888. The van der Waals surface area contributed by atoms with Gasteiger partial charge in [-0.3, -0.25) is 14.6 Å². The van der Waals surface area contributed by atoms with Crippen LogP contribution < -0.4 is 4.90 Å². The number of aromatic nitrogens is 1. The molecule has 172 valence electrons. The van der Waals surface area contributed by atoms with Crippen molar-refractivity contribution in [2.24, 2.45) is 0 Å². The second-order valence-electron chi connectivity index (χ2n) is 7.93. The lowest BCUT2D eigenvalue weighted by molar-refractivity contribution is 0.0376. The molecule has 2 heterocycles. The first-order chi connectivity index (χ1) is 15.7. The van der Waals surface area contributed by atoms with Gasteiger partial charge in [0.1, 0.15) is 0 Å². The van der Waals surface area contributed by atoms with Gasteiger partial charge >= 0.3 is 0 Å². The molecule has 8 heteroatoms. The number of thiazole rings is 1. The molecular formula is C25H25BrClN3O2S. The van der Waals surface area contributed by atoms with Crippen LogP contribution in [0.5, 0.6) is 0 Å². The molecule has 0 N–H and O–H groups in total. The van der Waals surface area contributed by atoms with Gasteiger partial charge in [0.25, 0.3) is 5.91 Å². The summed E-state index contributed by atoms with van der Waals surface area (Å²) in [4.78, 5) is 22.7. The van der Waals surface area contributed by atoms with Gasteiger partial charge in [0.2, 0.25) is 0 Å². The zero-order valence-electron chi connectivity index (χ0n) is 18.1. The smallest absolute Gasteiger partial charge is 0.260 e. The number of nitrogens with zero attached hydrogens (tertiary/aromatic N) is 3. The molecule has 33 heavy (non-hydrogen) atoms. The highest BCUT2D eigenvalue weighted by Gasteiger charge is 2.22. The van der Waals surface area contributed by atoms with E-state index >= 15 is 0 Å². The quantitative estimate of drug-likeness (QED) is 0.297. The number of rotatable bonds is 6. The maximum atomic E-state index is 13.7. The predicted molar refractivity (Wildman–Crippen MR) is 142 cm³/mol. The van der Waals surface area contributed by atoms with Gasteiger partial charge in [0.15, 0.2) is 5.13 Å². The molecule has 0 bridgehead atoms. The number of anilines is 1. The zero-order valence-corrected chi connectivity index (χ0v) is 21.3. The summed E-state index contributed by atoms with van der Waals surface area (Å²) in [5.41, 5.74) is 1.60. The Hall–Kier alpha value is -2.03. The van der Waals surface area contributed by atoms with Gasteiger partial charge in [-0.2, -0.15) is 0 Å². The fourth-order valence-electron chi connectivity index (χ4n) is 4.04. The third-order valence-electron chi connectivity index (χ3n) is 5.77. The molecule has 4 aromatic rings. The molecule has 5 rings (SSSR count). The Bertz CT molecular complexity index is 1260. The van der Waals surface area contributed by atoms with Crippen LogP contribution >= 0.6 is 39.7 Å². The van der Waals surface area contributed by atoms with Crippen molar-refractivity contribution in [1.29, 1.82) is 0 Å². The summed E-state index contributed by atoms with van der Waals surface area (Å²) in [6, 6.07) is 20.1. The van der Waals surface area contributed by atoms with Crippen molar-refractivity contribution >= 4 is 71.7 Å². The number of ether oxygens (including phenoxy) is 1. The molecule has 1 aromatic heterocycles. The Kier molecular flexibility index (Phi) is 7.98. The normalized spacial score (nSPS) is 14.3. The molecule has 0 unspecified atom stereocenters. The minimum atomic E-state index is -0.00384. The van der Waals surface area contributed by atoms with E-state index in [1.54, 1.807) is 11.3 Å². The largest absolute Gasteiger partial charge is 0.379 e. The van der Waals surface area contributed by atoms with Crippen molar-refractivity contribution in [2.45, 2.75) is 6.42 Å². The van der Waals surface area contributed by atoms with Gasteiger partial charge < -0.3 is 4.74 Å². The summed E-state index contributed by atoms with van der Waals surface area (Å²) < 4.78 is 7.53. The number of halogens is 2. The molecule has 0 spiro atoms. The summed E-state index contributed by atoms with van der Waals surface area (Å²) in [5.74, 6) is -0.00384. The Morgan fingerprint density at radius 3 is 2.67 bits per heavy atom. The van der Waals surface area contributed by atoms with Crippen LogP contribution in [0.15, 0.2) is 65.1 Å². The minimum Gasteiger partial charge on any atom is -0.379 e. The van der Waals surface area contributed by atoms with Crippen molar-refractivity contribution in [3.63, 3.8) is 0 Å². The molecule has 1 saturated heterocycles. The molecule has 0 atom stereocenters. The van der Waals surface area contributed by atoms with E-state index in [0.29, 0.717) is 12.1 Å². The van der Waals surface area contributed by atoms with Crippen molar-refractivity contribution in [3.05, 3.63) is 70.7 Å². The number of hydrogen-bond donors (Lipinski definition) is 0. The number of morpholine rings is 1. The first kappa shape index (κ1) is 24.1. The summed E-state index contributed by atoms with van der Waals surface area (Å²) in [6.45, 7) is 5.05. The number of fused-ring (bicyclic) bond motifs is 2. The van der Waals surface area contributed by atoms with E-state index in [0.717, 1.165) is 69.9 Å². The standard InChI is InChI=1S/C25H24BrN3O2S.ClH/c26-21-8-9-22-23(17-21)32-25(27-22)29(11-3-10-28-12-14-31-15-13-28)24(30)20-7-6-18-4-1-2-5-19(18)16-20;/h1-2,4-9,16-17H,3,10-15H2;1H. The van der Waals surface area contributed by atoms with Crippen LogP contribution in [-0.4, -0.2) is 55.2 Å². The molecule has 1 amide bonds. The van der Waals surface area contributed by atoms with Crippen LogP contribution in [0.1, 0.15) is 16.8 Å². The SMILES string of the molecule is Cl.O=C(c1ccc2ccccc2c1)N(CCCN1CCOCC1)c1nc2ccc(Br)cc2s1. The number of carbonyl (C=O) groups excluding carboxylic acids is 1. The topological polar surface area (TPSA) is 45.7 Å². The van der Waals surface area contributed by atoms with Gasteiger partial charge in [-0.25, -0.2) is 4.98 Å². The average Bonchev–Trinajstić information content (AvgIpc) is 3.24. The molecule has 0 radical (unpaired) electrons. The maximum Gasteiger partial charge on any atom is 0.260 e. The van der Waals surface area contributed by atoms with Gasteiger partial charge in [-0.15, -0.1) is 12.4 Å². The summed E-state index contributed by atoms with van der Waals surface area (Å²) in [7, 11) is 0. The van der Waals surface area contributed by atoms with E-state index in [9.17, 15) is 4.79 Å². The van der Waals surface area contributed by atoms with E-state index in [4.69, 9.17) is 9.72 Å². The zero-order chi connectivity index (χ0) is 21.9. The van der Waals surface area contributed by atoms with Crippen molar-refractivity contribution in [1.82, 2.24) is 9.88 Å². The Morgan fingerprint density at radius 2 is 1.85 bits per heavy atom. The molecule has 1 aliphatic heterocycles. The Labute approximate surface area is 211 Å². The monoisotopic (exact) mass is 545 g/mol. The van der Waals surface area contributed by atoms with Crippen molar-refractivity contribution in [3.8, 4) is 0 Å². The number of carbonyl (C=O) groups is 1. The fraction of sp³-hybridized carbons (Fsp3) is 0.280. The molecule has 5 nitrogen and oxygen atoms in total. The molecule has 0 saturated carbocycles. The minimum absolute atomic E-state index is 0. The highest BCUT2D eigenvalue weighted by Crippen LogP contribution is 2.32. The predicted octanol–water partition coefficient (Wildman–Crippen LogP) is 6.00. The highest BCUT2D eigenvalue weighted by atomic mass is 79.9. The number of hydrogen-bond acceptors (Lipinski definition) is 5. The van der Waals surface area contributed by atoms with Gasteiger partial charge in [-0.05, 0) is 47.5 Å². The van der Waals surface area contributed by atoms with Gasteiger partial charge in [-0.1, -0.05) is 57.6 Å². The van der Waals surface area contributed by atoms with Crippen molar-refractivity contribution in [2.75, 3.05) is 44.3 Å². The lowest BCUT2D eigenvalue weighted by Gasteiger charge is -2.27. The van der Waals surface area contributed by atoms with Crippen LogP contribution in [0, 0.1) is 0 Å². The van der Waals surface area contributed by atoms with E-state index in [-0.39, 0.29) is 18.3 Å². The Balaban J connectivity index is 0.00000259. The van der Waals surface area contributed by atoms with E-state index in [2.05, 4.69) is 33.0 Å². The lowest BCUT2D eigenvalue weighted by atomic mass is 10.1. The lowest BCUT2D eigenvalue weighted by Crippen LogP contribution is -2.39. The molecule has 1 fully saturated rings. The molecule has 0 aliphatic carbocycles. The molecular weight excluding hydrogens is 522 g/mol. The van der Waals surface area contributed by atoms with Crippen LogP contribution in [0.2, 0.25) is 0 Å². The van der Waals surface area contributed by atoms with Gasteiger partial charge in [0.05, 0.1) is 23.4 Å². The summed E-state index contributed by atoms with van der Waals surface area (Å²) >= 11 is 5.10. The Morgan fingerprint density at radius 1 is 1.06 bits per heavy atom. The number of benzene rings is 3. The second-order valence-corrected chi connectivity index (χ2v) is 9.86. The molecule has 1 aliphatic rings. The first-order valence-corrected chi connectivity index (χ1v) is 12.5. The maximum absolute atomic E-state index is 13.7. The van der Waals surface area contributed by atoms with Crippen LogP contribution in [-0.2, 0) is 4.74 Å².